The molecule has 4 rings (SSSR count). The van der Waals surface area contributed by atoms with Crippen molar-refractivity contribution in [1.82, 2.24) is 10.2 Å². The van der Waals surface area contributed by atoms with Crippen LogP contribution in [0.4, 0.5) is 5.13 Å². The highest BCUT2D eigenvalue weighted by Crippen LogP contribution is 2.37. The van der Waals surface area contributed by atoms with Crippen LogP contribution in [0.5, 0.6) is 5.75 Å². The van der Waals surface area contributed by atoms with Gasteiger partial charge in [0.25, 0.3) is 5.91 Å². The zero-order valence-corrected chi connectivity index (χ0v) is 18.6. The van der Waals surface area contributed by atoms with Crippen molar-refractivity contribution in [2.75, 3.05) is 12.4 Å². The number of hydrogen-bond acceptors (Lipinski definition) is 6. The van der Waals surface area contributed by atoms with E-state index >= 15 is 0 Å². The lowest BCUT2D eigenvalue weighted by Gasteiger charge is -2.28. The number of benzene rings is 2. The number of aromatic nitrogens is 2. The Bertz CT molecular complexity index is 1070. The molecule has 1 saturated carbocycles. The summed E-state index contributed by atoms with van der Waals surface area (Å²) in [6, 6.07) is 15.2. The molecule has 8 heteroatoms. The summed E-state index contributed by atoms with van der Waals surface area (Å²) < 4.78 is 5.17. The number of nitrogens with one attached hydrogen (secondary N) is 1. The number of aliphatic carboxylic acids is 1. The van der Waals surface area contributed by atoms with Gasteiger partial charge in [-0.05, 0) is 79.5 Å². The third kappa shape index (κ3) is 5.31. The van der Waals surface area contributed by atoms with Crippen molar-refractivity contribution in [3.8, 4) is 16.3 Å². The first-order chi connectivity index (χ1) is 15.5. The second-order valence-corrected chi connectivity index (χ2v) is 9.01. The van der Waals surface area contributed by atoms with Crippen molar-refractivity contribution in [2.24, 2.45) is 5.92 Å². The number of carbonyl (C=O) groups is 2. The van der Waals surface area contributed by atoms with E-state index in [-0.39, 0.29) is 18.2 Å². The molecule has 1 fully saturated rings. The van der Waals surface area contributed by atoms with Gasteiger partial charge in [0.15, 0.2) is 0 Å². The molecule has 32 heavy (non-hydrogen) atoms. The molecule has 1 aliphatic carbocycles. The van der Waals surface area contributed by atoms with E-state index in [9.17, 15) is 9.59 Å². The molecule has 1 aromatic heterocycles. The molecule has 2 aromatic carbocycles. The van der Waals surface area contributed by atoms with Crippen molar-refractivity contribution in [3.63, 3.8) is 0 Å². The zero-order chi connectivity index (χ0) is 22.5. The number of carboxylic acid groups (broad SMARTS) is 1. The van der Waals surface area contributed by atoms with E-state index in [1.807, 2.05) is 48.5 Å². The highest BCUT2D eigenvalue weighted by molar-refractivity contribution is 7.18. The van der Waals surface area contributed by atoms with E-state index in [0.29, 0.717) is 16.6 Å². The van der Waals surface area contributed by atoms with Gasteiger partial charge in [0.05, 0.1) is 7.11 Å². The lowest BCUT2D eigenvalue weighted by Crippen LogP contribution is -2.16. The number of methoxy groups -OCH3 is 1. The van der Waals surface area contributed by atoms with Gasteiger partial charge in [0, 0.05) is 17.5 Å². The van der Waals surface area contributed by atoms with Gasteiger partial charge < -0.3 is 9.84 Å². The maximum absolute atomic E-state index is 12.6. The Hall–Kier alpha value is -3.26. The van der Waals surface area contributed by atoms with E-state index in [1.165, 1.54) is 16.9 Å². The van der Waals surface area contributed by atoms with Crippen LogP contribution in [-0.2, 0) is 4.79 Å². The molecular weight excluding hydrogens is 426 g/mol. The maximum Gasteiger partial charge on any atom is 0.303 e. The number of rotatable bonds is 7. The minimum absolute atomic E-state index is 0.223. The van der Waals surface area contributed by atoms with Crippen molar-refractivity contribution >= 4 is 28.3 Å². The summed E-state index contributed by atoms with van der Waals surface area (Å²) in [5.74, 6) is 0.536. The molecule has 0 saturated heterocycles. The standard InChI is InChI=1S/C24H25N3O4S/c1-31-20-12-10-19(11-13-20)23-26-27-24(32-23)25-22(30)18-8-6-17(7-9-18)16-4-2-15(3-5-16)14-21(28)29/h6-13,15-16H,2-5,14H2,1H3,(H,28,29)(H,25,27,30). The summed E-state index contributed by atoms with van der Waals surface area (Å²) in [5, 5.41) is 21.2. The highest BCUT2D eigenvalue weighted by atomic mass is 32.1. The van der Waals surface area contributed by atoms with E-state index in [2.05, 4.69) is 15.5 Å². The van der Waals surface area contributed by atoms with Gasteiger partial charge in [-0.2, -0.15) is 0 Å². The fourth-order valence-electron chi connectivity index (χ4n) is 4.15. The number of carbonyl (C=O) groups excluding carboxylic acids is 1. The Balaban J connectivity index is 1.34. The minimum Gasteiger partial charge on any atom is -0.497 e. The number of ether oxygens (including phenoxy) is 1. The molecular formula is C24H25N3O4S. The topological polar surface area (TPSA) is 101 Å². The third-order valence-electron chi connectivity index (χ3n) is 5.94. The summed E-state index contributed by atoms with van der Waals surface area (Å²) in [6.45, 7) is 0. The lowest BCUT2D eigenvalue weighted by molar-refractivity contribution is -0.138. The van der Waals surface area contributed by atoms with Crippen molar-refractivity contribution in [1.29, 1.82) is 0 Å². The molecule has 1 aliphatic rings. The van der Waals surface area contributed by atoms with Gasteiger partial charge in [-0.15, -0.1) is 10.2 Å². The van der Waals surface area contributed by atoms with Gasteiger partial charge in [-0.25, -0.2) is 0 Å². The zero-order valence-electron chi connectivity index (χ0n) is 17.8. The van der Waals surface area contributed by atoms with Crippen molar-refractivity contribution in [2.45, 2.75) is 38.0 Å². The Morgan fingerprint density at radius 1 is 1.03 bits per heavy atom. The fraction of sp³-hybridized carbons (Fsp3) is 0.333. The molecule has 2 N–H and O–H groups in total. The van der Waals surface area contributed by atoms with Crippen LogP contribution < -0.4 is 10.1 Å². The molecule has 1 amide bonds. The summed E-state index contributed by atoms with van der Waals surface area (Å²) in [5.41, 5.74) is 2.67. The average Bonchev–Trinajstić information content (AvgIpc) is 3.28. The predicted octanol–water partition coefficient (Wildman–Crippen LogP) is 5.21. The van der Waals surface area contributed by atoms with E-state index < -0.39 is 5.97 Å². The van der Waals surface area contributed by atoms with Crippen LogP contribution >= 0.6 is 11.3 Å². The molecule has 0 unspecified atom stereocenters. The second kappa shape index (κ2) is 9.91. The molecule has 166 valence electrons. The number of anilines is 1. The van der Waals surface area contributed by atoms with Gasteiger partial charge >= 0.3 is 5.97 Å². The molecule has 3 aromatic rings. The average molecular weight is 452 g/mol. The van der Waals surface area contributed by atoms with E-state index in [0.717, 1.165) is 42.0 Å². The summed E-state index contributed by atoms with van der Waals surface area (Å²) >= 11 is 1.32. The summed E-state index contributed by atoms with van der Waals surface area (Å²) in [7, 11) is 1.62. The quantitative estimate of drug-likeness (QED) is 0.511. The lowest BCUT2D eigenvalue weighted by atomic mass is 9.77. The largest absolute Gasteiger partial charge is 0.497 e. The van der Waals surface area contributed by atoms with Crippen molar-refractivity contribution in [3.05, 3.63) is 59.7 Å². The van der Waals surface area contributed by atoms with Gasteiger partial charge in [0.1, 0.15) is 10.8 Å². The number of amides is 1. The number of carboxylic acids is 1. The van der Waals surface area contributed by atoms with Crippen LogP contribution in [0.15, 0.2) is 48.5 Å². The maximum atomic E-state index is 12.6. The Morgan fingerprint density at radius 3 is 2.34 bits per heavy atom. The molecule has 1 heterocycles. The van der Waals surface area contributed by atoms with Gasteiger partial charge in [-0.1, -0.05) is 23.5 Å². The van der Waals surface area contributed by atoms with Crippen LogP contribution in [0.1, 0.15) is 53.9 Å². The first kappa shape index (κ1) is 22.0. The third-order valence-corrected chi connectivity index (χ3v) is 6.82. The first-order valence-corrected chi connectivity index (χ1v) is 11.4. The molecule has 0 aliphatic heterocycles. The monoisotopic (exact) mass is 451 g/mol. The number of hydrogen-bond donors (Lipinski definition) is 2. The normalized spacial score (nSPS) is 18.2. The van der Waals surface area contributed by atoms with Crippen LogP contribution in [0.2, 0.25) is 0 Å². The van der Waals surface area contributed by atoms with Gasteiger partial charge in [-0.3, -0.25) is 14.9 Å². The molecule has 0 spiro atoms. The van der Waals surface area contributed by atoms with Gasteiger partial charge in [0.2, 0.25) is 5.13 Å². The second-order valence-electron chi connectivity index (χ2n) is 8.03. The molecule has 0 atom stereocenters. The van der Waals surface area contributed by atoms with E-state index in [4.69, 9.17) is 9.84 Å². The van der Waals surface area contributed by atoms with Crippen LogP contribution in [-0.4, -0.2) is 34.3 Å². The summed E-state index contributed by atoms with van der Waals surface area (Å²) in [4.78, 5) is 23.5. The fourth-order valence-corrected chi connectivity index (χ4v) is 4.89. The SMILES string of the molecule is COc1ccc(-c2nnc(NC(=O)c3ccc(C4CCC(CC(=O)O)CC4)cc3)s2)cc1. The van der Waals surface area contributed by atoms with Crippen LogP contribution in [0.3, 0.4) is 0 Å². The molecule has 0 bridgehead atoms. The Kier molecular flexibility index (Phi) is 6.80. The summed E-state index contributed by atoms with van der Waals surface area (Å²) in [6.07, 6.45) is 4.11. The van der Waals surface area contributed by atoms with Crippen molar-refractivity contribution < 1.29 is 19.4 Å². The Labute approximate surface area is 190 Å². The van der Waals surface area contributed by atoms with E-state index in [1.54, 1.807) is 7.11 Å². The Morgan fingerprint density at radius 2 is 1.72 bits per heavy atom. The number of nitrogens with zero attached hydrogens (tertiary/aromatic N) is 2. The highest BCUT2D eigenvalue weighted by Gasteiger charge is 2.24. The van der Waals surface area contributed by atoms with Crippen LogP contribution in [0, 0.1) is 5.92 Å². The smallest absolute Gasteiger partial charge is 0.303 e. The minimum atomic E-state index is -0.713. The predicted molar refractivity (Wildman–Crippen MR) is 123 cm³/mol. The molecule has 0 radical (unpaired) electrons. The molecule has 7 nitrogen and oxygen atoms in total. The first-order valence-electron chi connectivity index (χ1n) is 10.6. The van der Waals surface area contributed by atoms with Crippen LogP contribution in [0.25, 0.3) is 10.6 Å².